The van der Waals surface area contributed by atoms with E-state index in [-0.39, 0.29) is 75.1 Å². The summed E-state index contributed by atoms with van der Waals surface area (Å²) in [5.41, 5.74) is 12.2. The van der Waals surface area contributed by atoms with Crippen molar-refractivity contribution in [2.24, 2.45) is 11.5 Å². The second-order valence-electron chi connectivity index (χ2n) is 6.69. The molecular formula is C17H33KN8O. The van der Waals surface area contributed by atoms with Crippen molar-refractivity contribution in [2.75, 3.05) is 40.3 Å². The number of amidine groups is 2. The van der Waals surface area contributed by atoms with Crippen LogP contribution in [0.15, 0.2) is 11.4 Å². The molecule has 0 saturated carbocycles. The van der Waals surface area contributed by atoms with E-state index in [9.17, 15) is 0 Å². The fraction of sp³-hybridized carbons (Fsp3) is 0.706. The summed E-state index contributed by atoms with van der Waals surface area (Å²) in [6, 6.07) is 0.334. The van der Waals surface area contributed by atoms with E-state index >= 15 is 0 Å². The Labute approximate surface area is 205 Å². The van der Waals surface area contributed by atoms with Gasteiger partial charge in [-0.3, -0.25) is 10.8 Å². The predicted molar refractivity (Wildman–Crippen MR) is 106 cm³/mol. The molecule has 9 nitrogen and oxygen atoms in total. The Morgan fingerprint density at radius 2 is 1.89 bits per heavy atom. The number of carbonyl (C=O) groups is 1. The van der Waals surface area contributed by atoms with Gasteiger partial charge in [0.15, 0.2) is 0 Å². The molecule has 2 unspecified atom stereocenters. The Morgan fingerprint density at radius 1 is 1.26 bits per heavy atom. The molecule has 10 heteroatoms. The maximum absolute atomic E-state index is 8.81. The number of nitrogens with two attached hydrogens (primary N) is 2. The summed E-state index contributed by atoms with van der Waals surface area (Å²) < 4.78 is 0. The summed E-state index contributed by atoms with van der Waals surface area (Å²) in [4.78, 5) is 13.0. The minimum Gasteiger partial charge on any atom is -0.477 e. The third-order valence-corrected chi connectivity index (χ3v) is 4.47. The maximum Gasteiger partial charge on any atom is 1.00 e. The van der Waals surface area contributed by atoms with Crippen molar-refractivity contribution in [2.45, 2.75) is 38.3 Å². The van der Waals surface area contributed by atoms with Crippen LogP contribution in [0.5, 0.6) is 0 Å². The van der Waals surface area contributed by atoms with Gasteiger partial charge in [-0.05, 0) is 52.4 Å². The summed E-state index contributed by atoms with van der Waals surface area (Å²) in [6.07, 6.45) is 3.69. The van der Waals surface area contributed by atoms with Crippen LogP contribution < -0.4 is 68.2 Å². The number of hydrogen-bond donors (Lipinski definition) is 5. The van der Waals surface area contributed by atoms with Crippen molar-refractivity contribution in [3.05, 3.63) is 16.7 Å². The third-order valence-electron chi connectivity index (χ3n) is 4.47. The predicted octanol–water partition coefficient (Wildman–Crippen LogP) is -2.96. The van der Waals surface area contributed by atoms with Gasteiger partial charge in [0.05, 0.1) is 5.57 Å². The summed E-state index contributed by atoms with van der Waals surface area (Å²) in [5, 5.41) is 24.0. The van der Waals surface area contributed by atoms with E-state index in [1.165, 1.54) is 6.92 Å². The third kappa shape index (κ3) is 8.59. The summed E-state index contributed by atoms with van der Waals surface area (Å²) >= 11 is 0. The molecule has 2 aliphatic rings. The molecule has 2 heterocycles. The monoisotopic (exact) mass is 404 g/mol. The van der Waals surface area contributed by atoms with Gasteiger partial charge in [0.2, 0.25) is 0 Å². The van der Waals surface area contributed by atoms with Crippen molar-refractivity contribution >= 4 is 18.0 Å². The molecule has 2 fully saturated rings. The van der Waals surface area contributed by atoms with Crippen molar-refractivity contribution in [1.82, 2.24) is 15.1 Å². The number of carbonyl (C=O) groups excluding carboxylic acids is 1. The van der Waals surface area contributed by atoms with Crippen molar-refractivity contribution in [1.29, 1.82) is 10.8 Å². The van der Waals surface area contributed by atoms with E-state index in [4.69, 9.17) is 27.1 Å². The van der Waals surface area contributed by atoms with E-state index in [0.717, 1.165) is 45.2 Å². The average molecular weight is 405 g/mol. The average Bonchev–Trinajstić information content (AvgIpc) is 2.99. The van der Waals surface area contributed by atoms with Crippen molar-refractivity contribution < 1.29 is 56.2 Å². The molecule has 0 amide bonds. The first-order chi connectivity index (χ1) is 12.3. The molecular weight excluding hydrogens is 371 g/mol. The van der Waals surface area contributed by atoms with Crippen LogP contribution in [0.25, 0.3) is 5.32 Å². The quantitative estimate of drug-likeness (QED) is 0.143. The number of nitrogens with zero attached hydrogens (tertiary/aromatic N) is 3. The Kier molecular flexibility index (Phi) is 13.4. The molecule has 0 spiro atoms. The maximum atomic E-state index is 8.81. The molecule has 0 aromatic carbocycles. The van der Waals surface area contributed by atoms with Crippen LogP contribution in [0.3, 0.4) is 0 Å². The van der Waals surface area contributed by atoms with Gasteiger partial charge in [-0.15, -0.1) is 0 Å². The minimum absolute atomic E-state index is 0. The van der Waals surface area contributed by atoms with E-state index in [1.807, 2.05) is 4.90 Å². The molecule has 2 saturated heterocycles. The van der Waals surface area contributed by atoms with Gasteiger partial charge in [-0.1, -0.05) is 12.9 Å². The van der Waals surface area contributed by atoms with Crippen molar-refractivity contribution in [3.63, 3.8) is 0 Å². The largest absolute Gasteiger partial charge is 1.00 e. The zero-order valence-electron chi connectivity index (χ0n) is 17.1. The molecule has 0 radical (unpaired) electrons. The molecule has 0 aromatic heterocycles. The van der Waals surface area contributed by atoms with Crippen molar-refractivity contribution in [3.8, 4) is 0 Å². The molecule has 2 rings (SSSR count). The van der Waals surface area contributed by atoms with Gasteiger partial charge in [0, 0.05) is 19.1 Å². The van der Waals surface area contributed by atoms with E-state index < -0.39 is 0 Å². The van der Waals surface area contributed by atoms with Crippen LogP contribution in [-0.4, -0.2) is 80.1 Å². The number of likely N-dealkylation sites (tertiary alicyclic amines) is 2. The molecule has 0 aromatic rings. The van der Waals surface area contributed by atoms with Crippen LogP contribution in [0.1, 0.15) is 26.2 Å². The Bertz CT molecular complexity index is 539. The first-order valence-electron chi connectivity index (χ1n) is 8.96. The van der Waals surface area contributed by atoms with Crippen LogP contribution in [-0.2, 0) is 4.79 Å². The smallest absolute Gasteiger partial charge is 0.477 e. The zero-order valence-corrected chi connectivity index (χ0v) is 20.2. The van der Waals surface area contributed by atoms with Gasteiger partial charge in [0.25, 0.3) is 0 Å². The number of aldehydes is 1. The zero-order chi connectivity index (χ0) is 19.7. The molecule has 148 valence electrons. The molecule has 0 aliphatic carbocycles. The number of piperidine rings is 1. The summed E-state index contributed by atoms with van der Waals surface area (Å²) in [6.45, 7) is 4.79. The second-order valence-corrected chi connectivity index (χ2v) is 6.69. The molecule has 7 N–H and O–H groups in total. The minimum atomic E-state index is -0.131. The first-order valence-corrected chi connectivity index (χ1v) is 8.96. The van der Waals surface area contributed by atoms with Gasteiger partial charge < -0.3 is 36.7 Å². The van der Waals surface area contributed by atoms with Gasteiger partial charge in [-0.2, -0.15) is 0 Å². The number of nitrogens with one attached hydrogen (secondary N) is 3. The first kappa shape index (κ1) is 26.5. The van der Waals surface area contributed by atoms with E-state index in [2.05, 4.69) is 22.6 Å². The Morgan fingerprint density at radius 3 is 2.33 bits per heavy atom. The van der Waals surface area contributed by atoms with Gasteiger partial charge in [-0.25, -0.2) is 0 Å². The Balaban J connectivity index is 0.00000158. The SMILES string of the molecule is CC=O.C[N-]/C(NC1CCN(C)C1)=C(\C(=N)N)C(=N)N1CCCC(N)C1.[K+]. The fourth-order valence-electron chi connectivity index (χ4n) is 3.23. The molecule has 0 bridgehead atoms. The Hall–Kier alpha value is -0.494. The normalized spacial score (nSPS) is 23.2. The molecule has 2 aliphatic heterocycles. The summed E-state index contributed by atoms with van der Waals surface area (Å²) in [5.74, 6) is 0.641. The van der Waals surface area contributed by atoms with E-state index in [0.29, 0.717) is 17.9 Å². The molecule has 27 heavy (non-hydrogen) atoms. The van der Waals surface area contributed by atoms with E-state index in [1.54, 1.807) is 7.05 Å². The number of hydrogen-bond acceptors (Lipinski definition) is 6. The fourth-order valence-corrected chi connectivity index (χ4v) is 3.23. The van der Waals surface area contributed by atoms with Gasteiger partial charge in [0.1, 0.15) is 18.0 Å². The van der Waals surface area contributed by atoms with Gasteiger partial charge >= 0.3 is 51.4 Å². The standard InChI is InChI=1S/C15H29N8.C2H4O.K/c1-20-15(21-11-5-7-22(2)9-11)12(13(17)18)14(19)23-6-3-4-10(16)8-23;1-2-3;/h10-11,19,21H,3-9,16H2,1-2H3,(H3,17,18);2H,1H3;/q-1;;+1/b15-12-,19-14?;;. The summed E-state index contributed by atoms with van der Waals surface area (Å²) in [7, 11) is 3.75. The molecule has 2 atom stereocenters. The topological polar surface area (TPSA) is 149 Å². The van der Waals surface area contributed by atoms with Crippen LogP contribution >= 0.6 is 0 Å². The second kappa shape index (κ2) is 13.6. The number of rotatable bonds is 5. The van der Waals surface area contributed by atoms with Crippen LogP contribution in [0.4, 0.5) is 0 Å². The van der Waals surface area contributed by atoms with Crippen LogP contribution in [0.2, 0.25) is 0 Å². The number of likely N-dealkylation sites (N-methyl/N-ethyl adjacent to an activating group) is 1. The van der Waals surface area contributed by atoms with Crippen LogP contribution in [0, 0.1) is 10.8 Å².